The largest absolute Gasteiger partial charge is 0.494 e. The third-order valence-electron chi connectivity index (χ3n) is 2.04. The van der Waals surface area contributed by atoms with Gasteiger partial charge in [0, 0.05) is 6.42 Å². The quantitative estimate of drug-likeness (QED) is 0.477. The predicted octanol–water partition coefficient (Wildman–Crippen LogP) is 2.80. The third-order valence-corrected chi connectivity index (χ3v) is 2.04. The van der Waals surface area contributed by atoms with Gasteiger partial charge in [-0.05, 0) is 30.7 Å². The van der Waals surface area contributed by atoms with Crippen LogP contribution in [0.1, 0.15) is 18.4 Å². The Morgan fingerprint density at radius 3 is 2.29 bits per heavy atom. The fraction of sp³-hybridized carbons (Fsp3) is 0.364. The third kappa shape index (κ3) is 4.76. The maximum Gasteiger partial charge on any atom is 0.416 e. The van der Waals surface area contributed by atoms with Crippen LogP contribution in [0.3, 0.4) is 0 Å². The molecule has 3 nitrogen and oxygen atoms in total. The van der Waals surface area contributed by atoms with Crippen molar-refractivity contribution in [1.82, 2.24) is 0 Å². The molecule has 0 aromatic heterocycles. The highest BCUT2D eigenvalue weighted by molar-refractivity contribution is 5.76. The van der Waals surface area contributed by atoms with E-state index in [0.29, 0.717) is 25.2 Å². The van der Waals surface area contributed by atoms with E-state index in [1.54, 1.807) is 0 Å². The van der Waals surface area contributed by atoms with Crippen LogP contribution in [-0.2, 0) is 6.18 Å². The van der Waals surface area contributed by atoms with E-state index in [9.17, 15) is 13.2 Å². The molecule has 0 fully saturated rings. The number of amidine groups is 1. The van der Waals surface area contributed by atoms with Crippen LogP contribution in [0.25, 0.3) is 0 Å². The zero-order valence-corrected chi connectivity index (χ0v) is 9.05. The van der Waals surface area contributed by atoms with Crippen molar-refractivity contribution in [1.29, 1.82) is 5.41 Å². The van der Waals surface area contributed by atoms with Gasteiger partial charge in [0.25, 0.3) is 0 Å². The van der Waals surface area contributed by atoms with Crippen LogP contribution in [0.2, 0.25) is 0 Å². The molecule has 1 aromatic rings. The summed E-state index contributed by atoms with van der Waals surface area (Å²) in [5.41, 5.74) is 4.44. The van der Waals surface area contributed by atoms with Gasteiger partial charge in [-0.15, -0.1) is 0 Å². The van der Waals surface area contributed by atoms with Gasteiger partial charge < -0.3 is 10.5 Å². The molecule has 0 unspecified atom stereocenters. The first kappa shape index (κ1) is 13.3. The first-order chi connectivity index (χ1) is 7.89. The predicted molar refractivity (Wildman–Crippen MR) is 58.1 cm³/mol. The first-order valence-electron chi connectivity index (χ1n) is 5.02. The summed E-state index contributed by atoms with van der Waals surface area (Å²) >= 11 is 0. The molecule has 0 aliphatic carbocycles. The summed E-state index contributed by atoms with van der Waals surface area (Å²) in [6.07, 6.45) is -3.34. The van der Waals surface area contributed by atoms with Crippen LogP contribution >= 0.6 is 0 Å². The Labute approximate surface area is 96.9 Å². The molecule has 3 N–H and O–H groups in total. The number of nitrogens with one attached hydrogen (secondary N) is 1. The number of alkyl halides is 3. The second kappa shape index (κ2) is 5.56. The second-order valence-electron chi connectivity index (χ2n) is 3.50. The molecule has 0 heterocycles. The van der Waals surface area contributed by atoms with Crippen molar-refractivity contribution in [2.45, 2.75) is 19.0 Å². The molecule has 0 aliphatic heterocycles. The summed E-state index contributed by atoms with van der Waals surface area (Å²) in [7, 11) is 0. The Morgan fingerprint density at radius 2 is 1.82 bits per heavy atom. The molecule has 1 aromatic carbocycles. The molecule has 6 heteroatoms. The molecule has 1 rings (SSSR count). The van der Waals surface area contributed by atoms with Crippen molar-refractivity contribution >= 4 is 5.84 Å². The smallest absolute Gasteiger partial charge is 0.416 e. The zero-order chi connectivity index (χ0) is 12.9. The number of benzene rings is 1. The van der Waals surface area contributed by atoms with Gasteiger partial charge in [0.05, 0.1) is 18.0 Å². The monoisotopic (exact) mass is 246 g/mol. The Morgan fingerprint density at radius 1 is 1.24 bits per heavy atom. The van der Waals surface area contributed by atoms with E-state index >= 15 is 0 Å². The van der Waals surface area contributed by atoms with Crippen molar-refractivity contribution in [3.63, 3.8) is 0 Å². The number of hydrogen-bond donors (Lipinski definition) is 2. The van der Waals surface area contributed by atoms with Crippen molar-refractivity contribution in [3.8, 4) is 5.75 Å². The van der Waals surface area contributed by atoms with Crippen LogP contribution in [0.5, 0.6) is 5.75 Å². The number of hydrogen-bond acceptors (Lipinski definition) is 2. The van der Waals surface area contributed by atoms with Gasteiger partial charge in [0.1, 0.15) is 5.75 Å². The molecule has 94 valence electrons. The molecule has 17 heavy (non-hydrogen) atoms. The normalized spacial score (nSPS) is 11.2. The van der Waals surface area contributed by atoms with Crippen molar-refractivity contribution < 1.29 is 17.9 Å². The van der Waals surface area contributed by atoms with E-state index in [0.717, 1.165) is 12.1 Å². The Balaban J connectivity index is 2.43. The Bertz CT molecular complexity index is 373. The average molecular weight is 246 g/mol. The van der Waals surface area contributed by atoms with Gasteiger partial charge in [-0.25, -0.2) is 0 Å². The molecule has 0 radical (unpaired) electrons. The van der Waals surface area contributed by atoms with Gasteiger partial charge in [-0.1, -0.05) is 0 Å². The van der Waals surface area contributed by atoms with E-state index in [2.05, 4.69) is 0 Å². The minimum Gasteiger partial charge on any atom is -0.494 e. The molecule has 0 saturated carbocycles. The molecule has 0 amide bonds. The summed E-state index contributed by atoms with van der Waals surface area (Å²) in [5, 5.41) is 6.97. The summed E-state index contributed by atoms with van der Waals surface area (Å²) < 4.78 is 41.9. The lowest BCUT2D eigenvalue weighted by molar-refractivity contribution is -0.137. The fourth-order valence-corrected chi connectivity index (χ4v) is 1.19. The van der Waals surface area contributed by atoms with Gasteiger partial charge >= 0.3 is 6.18 Å². The summed E-state index contributed by atoms with van der Waals surface area (Å²) in [5.74, 6) is 0.447. The molecule has 0 bridgehead atoms. The summed E-state index contributed by atoms with van der Waals surface area (Å²) in [4.78, 5) is 0. The average Bonchev–Trinajstić information content (AvgIpc) is 2.23. The Hall–Kier alpha value is -1.72. The summed E-state index contributed by atoms with van der Waals surface area (Å²) in [6.45, 7) is 0.324. The van der Waals surface area contributed by atoms with Crippen molar-refractivity contribution in [3.05, 3.63) is 29.8 Å². The molecular formula is C11H13F3N2O. The number of ether oxygens (including phenoxy) is 1. The number of rotatable bonds is 5. The molecule has 0 spiro atoms. The lowest BCUT2D eigenvalue weighted by Gasteiger charge is -2.08. The fourth-order valence-electron chi connectivity index (χ4n) is 1.19. The van der Waals surface area contributed by atoms with Crippen LogP contribution in [0.4, 0.5) is 13.2 Å². The topological polar surface area (TPSA) is 59.1 Å². The SMILES string of the molecule is N=C(N)CCCOc1ccc(C(F)(F)F)cc1. The minimum atomic E-state index is -4.33. The van der Waals surface area contributed by atoms with E-state index in [4.69, 9.17) is 15.9 Å². The molecule has 0 saturated heterocycles. The van der Waals surface area contributed by atoms with Crippen LogP contribution < -0.4 is 10.5 Å². The van der Waals surface area contributed by atoms with E-state index in [-0.39, 0.29) is 5.84 Å². The lowest BCUT2D eigenvalue weighted by Crippen LogP contribution is -2.11. The van der Waals surface area contributed by atoms with Gasteiger partial charge in [-0.3, -0.25) is 5.41 Å². The highest BCUT2D eigenvalue weighted by atomic mass is 19.4. The molecular weight excluding hydrogens is 233 g/mol. The minimum absolute atomic E-state index is 0.0704. The van der Waals surface area contributed by atoms with Crippen molar-refractivity contribution in [2.75, 3.05) is 6.61 Å². The summed E-state index contributed by atoms with van der Waals surface area (Å²) in [6, 6.07) is 4.49. The highest BCUT2D eigenvalue weighted by Crippen LogP contribution is 2.30. The van der Waals surface area contributed by atoms with Gasteiger partial charge in [0.15, 0.2) is 0 Å². The second-order valence-corrected chi connectivity index (χ2v) is 3.50. The highest BCUT2D eigenvalue weighted by Gasteiger charge is 2.29. The maximum absolute atomic E-state index is 12.2. The number of halogens is 3. The van der Waals surface area contributed by atoms with E-state index < -0.39 is 11.7 Å². The number of nitrogens with two attached hydrogens (primary N) is 1. The standard InChI is InChI=1S/C11H13F3N2O/c12-11(13,14)8-3-5-9(6-4-8)17-7-1-2-10(15)16/h3-6H,1-2,7H2,(H3,15,16). The van der Waals surface area contributed by atoms with Gasteiger partial charge in [-0.2, -0.15) is 13.2 Å². The van der Waals surface area contributed by atoms with Crippen LogP contribution in [-0.4, -0.2) is 12.4 Å². The molecule has 0 aliphatic rings. The van der Waals surface area contributed by atoms with Crippen molar-refractivity contribution in [2.24, 2.45) is 5.73 Å². The first-order valence-corrected chi connectivity index (χ1v) is 5.02. The van der Waals surface area contributed by atoms with Gasteiger partial charge in [0.2, 0.25) is 0 Å². The van der Waals surface area contributed by atoms with Crippen LogP contribution in [0.15, 0.2) is 24.3 Å². The van der Waals surface area contributed by atoms with Crippen LogP contribution in [0, 0.1) is 5.41 Å². The lowest BCUT2D eigenvalue weighted by atomic mass is 10.2. The molecule has 0 atom stereocenters. The zero-order valence-electron chi connectivity index (χ0n) is 9.05. The Kier molecular flexibility index (Phi) is 4.37. The van der Waals surface area contributed by atoms with E-state index in [1.165, 1.54) is 12.1 Å². The maximum atomic E-state index is 12.2. The van der Waals surface area contributed by atoms with E-state index in [1.807, 2.05) is 0 Å².